The number of ether oxygens (including phenoxy) is 1. The van der Waals surface area contributed by atoms with Gasteiger partial charge in [-0.3, -0.25) is 9.79 Å². The molecular formula is C7H10N2O2. The number of aliphatic imine (C=N–C) groups is 1. The van der Waals surface area contributed by atoms with Crippen molar-refractivity contribution in [1.29, 1.82) is 0 Å². The molecule has 0 bridgehead atoms. The minimum absolute atomic E-state index is 0.236. The molecule has 1 N–H and O–H groups in total. The highest BCUT2D eigenvalue weighted by atomic mass is 16.5. The van der Waals surface area contributed by atoms with Crippen molar-refractivity contribution >= 4 is 12.7 Å². The van der Waals surface area contributed by atoms with Crippen molar-refractivity contribution in [3.63, 3.8) is 0 Å². The Morgan fingerprint density at radius 2 is 2.73 bits per heavy atom. The summed E-state index contributed by atoms with van der Waals surface area (Å²) < 4.78 is 4.51. The second-order valence-corrected chi connectivity index (χ2v) is 2.28. The van der Waals surface area contributed by atoms with E-state index in [-0.39, 0.29) is 12.6 Å². The van der Waals surface area contributed by atoms with Crippen molar-refractivity contribution in [3.8, 4) is 0 Å². The summed E-state index contributed by atoms with van der Waals surface area (Å²) in [5.41, 5.74) is 0.732. The van der Waals surface area contributed by atoms with Gasteiger partial charge in [-0.05, 0) is 6.92 Å². The lowest BCUT2D eigenvalue weighted by Crippen LogP contribution is -2.25. The molecule has 1 atom stereocenters. The van der Waals surface area contributed by atoms with Gasteiger partial charge in [0.05, 0.1) is 11.7 Å². The van der Waals surface area contributed by atoms with Gasteiger partial charge in [-0.2, -0.15) is 0 Å². The second kappa shape index (κ2) is 3.75. The number of hydrogen-bond acceptors (Lipinski definition) is 4. The van der Waals surface area contributed by atoms with E-state index >= 15 is 0 Å². The molecule has 0 amide bonds. The Morgan fingerprint density at radius 1 is 1.91 bits per heavy atom. The molecule has 4 nitrogen and oxygen atoms in total. The van der Waals surface area contributed by atoms with Gasteiger partial charge in [0, 0.05) is 12.4 Å². The number of hydrogen-bond donors (Lipinski definition) is 1. The smallest absolute Gasteiger partial charge is 0.293 e. The van der Waals surface area contributed by atoms with E-state index in [0.717, 1.165) is 5.70 Å². The zero-order valence-electron chi connectivity index (χ0n) is 6.28. The third kappa shape index (κ3) is 2.41. The average Bonchev–Trinajstić information content (AvgIpc) is 2.04. The van der Waals surface area contributed by atoms with Crippen LogP contribution in [0.5, 0.6) is 0 Å². The molecule has 0 aromatic heterocycles. The number of rotatable bonds is 3. The molecule has 0 aromatic carbocycles. The largest absolute Gasteiger partial charge is 0.461 e. The van der Waals surface area contributed by atoms with Crippen LogP contribution in [0, 0.1) is 0 Å². The minimum Gasteiger partial charge on any atom is -0.461 e. The first-order valence-electron chi connectivity index (χ1n) is 3.37. The van der Waals surface area contributed by atoms with Crippen LogP contribution in [0.15, 0.2) is 16.9 Å². The standard InChI is InChI=1S/C7H10N2O2/c1-6-2-9-7(3-8-6)4-11-5-10/h2-3,5-6,8H,4H2,1H3. The van der Waals surface area contributed by atoms with Crippen molar-refractivity contribution < 1.29 is 9.53 Å². The summed E-state index contributed by atoms with van der Waals surface area (Å²) in [6.07, 6.45) is 3.51. The lowest BCUT2D eigenvalue weighted by molar-refractivity contribution is -0.127. The molecule has 1 rings (SSSR count). The lowest BCUT2D eigenvalue weighted by Gasteiger charge is -2.12. The van der Waals surface area contributed by atoms with Crippen LogP contribution in [0.4, 0.5) is 0 Å². The predicted molar refractivity (Wildman–Crippen MR) is 41.2 cm³/mol. The van der Waals surface area contributed by atoms with Gasteiger partial charge >= 0.3 is 0 Å². The molecule has 0 aliphatic carbocycles. The molecule has 0 aromatic rings. The molecule has 1 heterocycles. The van der Waals surface area contributed by atoms with E-state index < -0.39 is 0 Å². The van der Waals surface area contributed by atoms with Crippen LogP contribution in [0.1, 0.15) is 6.92 Å². The van der Waals surface area contributed by atoms with Crippen LogP contribution >= 0.6 is 0 Å². The minimum atomic E-state index is 0.236. The predicted octanol–water partition coefficient (Wildman–Crippen LogP) is 0.0633. The first-order valence-corrected chi connectivity index (χ1v) is 3.37. The van der Waals surface area contributed by atoms with E-state index in [9.17, 15) is 4.79 Å². The number of nitrogens with one attached hydrogen (secondary N) is 1. The maximum absolute atomic E-state index is 9.79. The summed E-state index contributed by atoms with van der Waals surface area (Å²) in [6, 6.07) is 0.259. The van der Waals surface area contributed by atoms with Crippen LogP contribution in [-0.4, -0.2) is 25.3 Å². The summed E-state index contributed by atoms with van der Waals surface area (Å²) in [5, 5.41) is 3.03. The van der Waals surface area contributed by atoms with Gasteiger partial charge in [0.2, 0.25) is 0 Å². The molecule has 0 fully saturated rings. The van der Waals surface area contributed by atoms with Crippen LogP contribution in [0.2, 0.25) is 0 Å². The summed E-state index contributed by atoms with van der Waals surface area (Å²) in [5.74, 6) is 0. The average molecular weight is 154 g/mol. The highest BCUT2D eigenvalue weighted by molar-refractivity contribution is 5.66. The van der Waals surface area contributed by atoms with Gasteiger partial charge in [0.15, 0.2) is 0 Å². The molecule has 1 unspecified atom stereocenters. The highest BCUT2D eigenvalue weighted by Gasteiger charge is 2.02. The van der Waals surface area contributed by atoms with Crippen LogP contribution in [0.25, 0.3) is 0 Å². The molecule has 0 saturated carbocycles. The molecule has 0 saturated heterocycles. The van der Waals surface area contributed by atoms with Crippen LogP contribution < -0.4 is 5.32 Å². The van der Waals surface area contributed by atoms with Gasteiger partial charge in [-0.1, -0.05) is 0 Å². The summed E-state index contributed by atoms with van der Waals surface area (Å²) in [7, 11) is 0. The van der Waals surface area contributed by atoms with E-state index in [1.165, 1.54) is 0 Å². The summed E-state index contributed by atoms with van der Waals surface area (Å²) in [6.45, 7) is 2.63. The first kappa shape index (κ1) is 7.78. The lowest BCUT2D eigenvalue weighted by atomic mass is 10.3. The summed E-state index contributed by atoms with van der Waals surface area (Å²) >= 11 is 0. The van der Waals surface area contributed by atoms with E-state index in [1.807, 2.05) is 6.92 Å². The van der Waals surface area contributed by atoms with Gasteiger partial charge < -0.3 is 10.1 Å². The van der Waals surface area contributed by atoms with Gasteiger partial charge in [-0.25, -0.2) is 0 Å². The second-order valence-electron chi connectivity index (χ2n) is 2.28. The van der Waals surface area contributed by atoms with Gasteiger partial charge in [0.25, 0.3) is 6.47 Å². The number of carbonyl (C=O) groups is 1. The molecule has 4 heteroatoms. The van der Waals surface area contributed by atoms with E-state index in [0.29, 0.717) is 6.47 Å². The van der Waals surface area contributed by atoms with Gasteiger partial charge in [0.1, 0.15) is 6.61 Å². The Hall–Kier alpha value is -1.32. The number of nitrogens with zero attached hydrogens (tertiary/aromatic N) is 1. The quantitative estimate of drug-likeness (QED) is 0.585. The fraction of sp³-hybridized carbons (Fsp3) is 0.429. The summed E-state index contributed by atoms with van der Waals surface area (Å²) in [4.78, 5) is 13.8. The molecule has 0 spiro atoms. The third-order valence-electron chi connectivity index (χ3n) is 1.28. The van der Waals surface area contributed by atoms with E-state index in [2.05, 4.69) is 15.0 Å². The van der Waals surface area contributed by atoms with Crippen molar-refractivity contribution in [1.82, 2.24) is 5.32 Å². The zero-order chi connectivity index (χ0) is 8.10. The van der Waals surface area contributed by atoms with Crippen LogP contribution in [-0.2, 0) is 9.53 Å². The van der Waals surface area contributed by atoms with Crippen molar-refractivity contribution in [2.24, 2.45) is 4.99 Å². The Labute approximate surface area is 65.0 Å². The van der Waals surface area contributed by atoms with Crippen molar-refractivity contribution in [2.45, 2.75) is 13.0 Å². The van der Waals surface area contributed by atoms with Crippen molar-refractivity contribution in [3.05, 3.63) is 11.9 Å². The van der Waals surface area contributed by atoms with E-state index in [4.69, 9.17) is 0 Å². The molecule has 11 heavy (non-hydrogen) atoms. The first-order chi connectivity index (χ1) is 5.33. The Bertz CT molecular complexity index is 199. The Morgan fingerprint density at radius 3 is 3.27 bits per heavy atom. The number of carbonyl (C=O) groups excluding carboxylic acids is 1. The third-order valence-corrected chi connectivity index (χ3v) is 1.28. The zero-order valence-corrected chi connectivity index (χ0v) is 6.28. The molecular weight excluding hydrogens is 144 g/mol. The normalized spacial score (nSPS) is 21.9. The monoisotopic (exact) mass is 154 g/mol. The topological polar surface area (TPSA) is 50.7 Å². The molecule has 1 aliphatic heterocycles. The Kier molecular flexibility index (Phi) is 2.66. The SMILES string of the molecule is CC1C=NC(COC=O)=CN1. The van der Waals surface area contributed by atoms with Crippen molar-refractivity contribution in [2.75, 3.05) is 6.61 Å². The molecule has 1 aliphatic rings. The fourth-order valence-electron chi connectivity index (χ4n) is 0.714. The maximum Gasteiger partial charge on any atom is 0.293 e. The van der Waals surface area contributed by atoms with Crippen LogP contribution in [0.3, 0.4) is 0 Å². The fourth-order valence-corrected chi connectivity index (χ4v) is 0.714. The molecule has 0 radical (unpaired) electrons. The van der Waals surface area contributed by atoms with Gasteiger partial charge in [-0.15, -0.1) is 0 Å². The molecule has 60 valence electrons. The maximum atomic E-state index is 9.79. The van der Waals surface area contributed by atoms with E-state index in [1.54, 1.807) is 12.4 Å². The Balaban J connectivity index is 2.37. The highest BCUT2D eigenvalue weighted by Crippen LogP contribution is 1.99.